The molecule has 0 radical (unpaired) electrons. The summed E-state index contributed by atoms with van der Waals surface area (Å²) in [7, 11) is 6.39. The first-order valence-electron chi connectivity index (χ1n) is 12.7. The number of piperidine rings is 1. The fraction of sp³-hybridized carbons (Fsp3) is 0.448. The number of pyridine rings is 1. The van der Waals surface area contributed by atoms with Gasteiger partial charge >= 0.3 is 5.97 Å². The maximum absolute atomic E-state index is 13.7. The van der Waals surface area contributed by atoms with E-state index in [-0.39, 0.29) is 5.97 Å². The normalized spacial score (nSPS) is 13.9. The topological polar surface area (TPSA) is 79.4 Å². The van der Waals surface area contributed by atoms with Gasteiger partial charge in [-0.05, 0) is 56.1 Å². The van der Waals surface area contributed by atoms with Crippen LogP contribution in [0.25, 0.3) is 22.0 Å². The first kappa shape index (κ1) is 26.5. The molecule has 0 saturated carbocycles. The van der Waals surface area contributed by atoms with Gasteiger partial charge in [-0.15, -0.1) is 0 Å². The number of hydrogen-bond acceptors (Lipinski definition) is 8. The highest BCUT2D eigenvalue weighted by atomic mass is 16.5. The summed E-state index contributed by atoms with van der Waals surface area (Å²) in [6, 6.07) is 9.38. The van der Waals surface area contributed by atoms with Gasteiger partial charge in [-0.2, -0.15) is 0 Å². The molecule has 1 aliphatic rings. The van der Waals surface area contributed by atoms with Crippen molar-refractivity contribution in [1.82, 2.24) is 9.88 Å². The van der Waals surface area contributed by atoms with Crippen LogP contribution in [0.15, 0.2) is 30.3 Å². The molecular formula is C29H36N2O6. The molecule has 0 amide bonds. The molecule has 198 valence electrons. The summed E-state index contributed by atoms with van der Waals surface area (Å²) >= 11 is 0. The molecule has 0 N–H and O–H groups in total. The van der Waals surface area contributed by atoms with Gasteiger partial charge in [0.1, 0.15) is 0 Å². The van der Waals surface area contributed by atoms with E-state index in [9.17, 15) is 4.79 Å². The van der Waals surface area contributed by atoms with E-state index in [0.717, 1.165) is 48.9 Å². The quantitative estimate of drug-likeness (QED) is 0.333. The molecule has 0 atom stereocenters. The van der Waals surface area contributed by atoms with E-state index in [1.165, 1.54) is 6.42 Å². The molecule has 8 heteroatoms. The Kier molecular flexibility index (Phi) is 8.71. The summed E-state index contributed by atoms with van der Waals surface area (Å²) in [5, 5.41) is 0.760. The molecule has 1 fully saturated rings. The fourth-order valence-electron chi connectivity index (χ4n) is 4.86. The lowest BCUT2D eigenvalue weighted by atomic mass is 9.93. The van der Waals surface area contributed by atoms with Gasteiger partial charge < -0.3 is 23.7 Å². The van der Waals surface area contributed by atoms with Crippen molar-refractivity contribution in [3.8, 4) is 34.1 Å². The predicted octanol–water partition coefficient (Wildman–Crippen LogP) is 5.49. The maximum atomic E-state index is 13.7. The van der Waals surface area contributed by atoms with Crippen molar-refractivity contribution in [2.45, 2.75) is 39.2 Å². The van der Waals surface area contributed by atoms with E-state index >= 15 is 0 Å². The second-order valence-corrected chi connectivity index (χ2v) is 9.08. The van der Waals surface area contributed by atoms with Crippen molar-refractivity contribution in [2.24, 2.45) is 0 Å². The van der Waals surface area contributed by atoms with E-state index < -0.39 is 0 Å². The lowest BCUT2D eigenvalue weighted by Crippen LogP contribution is -2.30. The molecule has 1 aliphatic heterocycles. The minimum atomic E-state index is -0.386. The summed E-state index contributed by atoms with van der Waals surface area (Å²) in [6.45, 7) is 4.81. The van der Waals surface area contributed by atoms with Crippen molar-refractivity contribution >= 4 is 16.9 Å². The van der Waals surface area contributed by atoms with Crippen LogP contribution >= 0.6 is 0 Å². The number of esters is 1. The summed E-state index contributed by atoms with van der Waals surface area (Å²) in [4.78, 5) is 21.0. The van der Waals surface area contributed by atoms with Crippen molar-refractivity contribution in [3.05, 3.63) is 41.6 Å². The van der Waals surface area contributed by atoms with E-state index in [1.807, 2.05) is 37.3 Å². The minimum absolute atomic E-state index is 0.331. The number of fused-ring (bicyclic) bond motifs is 1. The third-order valence-electron chi connectivity index (χ3n) is 6.70. The molecule has 0 bridgehead atoms. The Labute approximate surface area is 218 Å². The number of nitrogens with zero attached hydrogens (tertiary/aromatic N) is 2. The minimum Gasteiger partial charge on any atom is -0.493 e. The van der Waals surface area contributed by atoms with Gasteiger partial charge in [-0.25, -0.2) is 4.79 Å². The van der Waals surface area contributed by atoms with Crippen LogP contribution < -0.4 is 18.9 Å². The first-order valence-corrected chi connectivity index (χ1v) is 12.7. The zero-order valence-electron chi connectivity index (χ0n) is 22.4. The summed E-state index contributed by atoms with van der Waals surface area (Å²) in [5.41, 5.74) is 3.38. The van der Waals surface area contributed by atoms with E-state index in [4.69, 9.17) is 28.7 Å². The summed E-state index contributed by atoms with van der Waals surface area (Å²) in [6.07, 6.45) is 4.22. The Morgan fingerprint density at radius 2 is 1.51 bits per heavy atom. The molecular weight excluding hydrogens is 472 g/mol. The monoisotopic (exact) mass is 508 g/mol. The lowest BCUT2D eigenvalue weighted by Gasteiger charge is -2.27. The Bertz CT molecular complexity index is 1250. The molecule has 1 saturated heterocycles. The van der Waals surface area contributed by atoms with Crippen LogP contribution in [0.5, 0.6) is 23.0 Å². The van der Waals surface area contributed by atoms with Gasteiger partial charge in [0, 0.05) is 23.6 Å². The number of rotatable bonds is 10. The van der Waals surface area contributed by atoms with Gasteiger partial charge in [0.25, 0.3) is 0 Å². The first-order chi connectivity index (χ1) is 18.0. The standard InChI is InChI=1S/C29H36N2O6/c1-6-14-37-29(32)28-22(18-31-12-8-7-9-13-31)30-21-17-26(36-5)25(35-4)16-20(21)27(28)19-10-11-23(33-2)24(15-19)34-3/h10-11,15-17H,6-9,12-14,18H2,1-5H3. The number of methoxy groups -OCH3 is 4. The van der Waals surface area contributed by atoms with Crippen molar-refractivity contribution < 1.29 is 28.5 Å². The highest BCUT2D eigenvalue weighted by Gasteiger charge is 2.27. The molecule has 3 aromatic rings. The van der Waals surface area contributed by atoms with Crippen LogP contribution in [0.2, 0.25) is 0 Å². The van der Waals surface area contributed by atoms with E-state index in [2.05, 4.69) is 4.90 Å². The third-order valence-corrected chi connectivity index (χ3v) is 6.70. The van der Waals surface area contributed by atoms with Gasteiger partial charge in [-0.1, -0.05) is 19.4 Å². The molecule has 2 aromatic carbocycles. The molecule has 0 unspecified atom stereocenters. The molecule has 4 rings (SSSR count). The van der Waals surface area contributed by atoms with Gasteiger partial charge in [0.05, 0.1) is 51.8 Å². The largest absolute Gasteiger partial charge is 0.493 e. The van der Waals surface area contributed by atoms with Crippen molar-refractivity contribution in [3.63, 3.8) is 0 Å². The number of carbonyl (C=O) groups is 1. The average molecular weight is 509 g/mol. The van der Waals surface area contributed by atoms with Crippen LogP contribution in [0.1, 0.15) is 48.7 Å². The second kappa shape index (κ2) is 12.1. The zero-order chi connectivity index (χ0) is 26.4. The number of aromatic nitrogens is 1. The van der Waals surface area contributed by atoms with Crippen LogP contribution in [-0.4, -0.2) is 64.0 Å². The fourth-order valence-corrected chi connectivity index (χ4v) is 4.86. The third kappa shape index (κ3) is 5.59. The Hall–Kier alpha value is -3.52. The maximum Gasteiger partial charge on any atom is 0.340 e. The van der Waals surface area contributed by atoms with Gasteiger partial charge in [0.15, 0.2) is 23.0 Å². The van der Waals surface area contributed by atoms with Gasteiger partial charge in [-0.3, -0.25) is 9.88 Å². The van der Waals surface area contributed by atoms with Gasteiger partial charge in [0.2, 0.25) is 0 Å². The van der Waals surface area contributed by atoms with E-state index in [0.29, 0.717) is 52.9 Å². The summed E-state index contributed by atoms with van der Waals surface area (Å²) < 4.78 is 28.0. The number of benzene rings is 2. The molecule has 0 spiro atoms. The highest BCUT2D eigenvalue weighted by Crippen LogP contribution is 2.42. The average Bonchev–Trinajstić information content (AvgIpc) is 2.94. The number of carbonyl (C=O) groups excluding carboxylic acids is 1. The smallest absolute Gasteiger partial charge is 0.340 e. The van der Waals surface area contributed by atoms with Crippen LogP contribution in [0.3, 0.4) is 0 Å². The number of likely N-dealkylation sites (tertiary alicyclic amines) is 1. The second-order valence-electron chi connectivity index (χ2n) is 9.08. The summed E-state index contributed by atoms with van der Waals surface area (Å²) in [5.74, 6) is 1.91. The Balaban J connectivity index is 2.04. The number of hydrogen-bond donors (Lipinski definition) is 0. The zero-order valence-corrected chi connectivity index (χ0v) is 22.4. The Morgan fingerprint density at radius 3 is 2.16 bits per heavy atom. The molecule has 0 aliphatic carbocycles. The van der Waals surface area contributed by atoms with E-state index in [1.54, 1.807) is 28.4 Å². The molecule has 8 nitrogen and oxygen atoms in total. The molecule has 2 heterocycles. The molecule has 37 heavy (non-hydrogen) atoms. The molecule has 1 aromatic heterocycles. The van der Waals surface area contributed by atoms with Crippen LogP contribution in [0.4, 0.5) is 0 Å². The number of ether oxygens (including phenoxy) is 5. The van der Waals surface area contributed by atoms with Crippen molar-refractivity contribution in [2.75, 3.05) is 48.1 Å². The lowest BCUT2D eigenvalue weighted by molar-refractivity contribution is 0.0502. The van der Waals surface area contributed by atoms with Crippen LogP contribution in [-0.2, 0) is 11.3 Å². The Morgan fingerprint density at radius 1 is 0.865 bits per heavy atom. The predicted molar refractivity (Wildman–Crippen MR) is 143 cm³/mol. The SMILES string of the molecule is CCCOC(=O)c1c(CN2CCCCC2)nc2cc(OC)c(OC)cc2c1-c1ccc(OC)c(OC)c1. The van der Waals surface area contributed by atoms with Crippen LogP contribution in [0, 0.1) is 0 Å². The van der Waals surface area contributed by atoms with Crippen molar-refractivity contribution in [1.29, 1.82) is 0 Å². The highest BCUT2D eigenvalue weighted by molar-refractivity contribution is 6.08.